The Kier molecular flexibility index (Phi) is 3.55. The number of pyridine rings is 1. The molecule has 7 heteroatoms. The highest BCUT2D eigenvalue weighted by atomic mass is 19.1. The maximum Gasteiger partial charge on any atom is 0.253 e. The van der Waals surface area contributed by atoms with E-state index < -0.39 is 11.7 Å². The van der Waals surface area contributed by atoms with E-state index in [0.29, 0.717) is 0 Å². The van der Waals surface area contributed by atoms with Crippen LogP contribution in [0.4, 0.5) is 4.39 Å². The summed E-state index contributed by atoms with van der Waals surface area (Å²) in [6, 6.07) is 1.04. The van der Waals surface area contributed by atoms with E-state index in [4.69, 9.17) is 10.9 Å². The van der Waals surface area contributed by atoms with Crippen molar-refractivity contribution in [1.29, 1.82) is 0 Å². The van der Waals surface area contributed by atoms with E-state index in [-0.39, 0.29) is 17.9 Å². The Hall–Kier alpha value is -2.18. The van der Waals surface area contributed by atoms with Gasteiger partial charge in [-0.15, -0.1) is 0 Å². The van der Waals surface area contributed by atoms with Gasteiger partial charge in [0.05, 0.1) is 18.3 Å². The molecule has 1 rings (SSSR count). The molecule has 0 saturated heterocycles. The topological polar surface area (TPSA) is 101 Å². The van der Waals surface area contributed by atoms with Crippen molar-refractivity contribution in [3.63, 3.8) is 0 Å². The summed E-state index contributed by atoms with van der Waals surface area (Å²) < 4.78 is 12.7. The number of halogens is 1. The second-order valence-corrected chi connectivity index (χ2v) is 2.67. The Balaban J connectivity index is 2.62. The van der Waals surface area contributed by atoms with Crippen LogP contribution in [0.2, 0.25) is 0 Å². The fourth-order valence-electron chi connectivity index (χ4n) is 0.844. The molecule has 15 heavy (non-hydrogen) atoms. The molecular weight excluding hydrogens is 203 g/mol. The van der Waals surface area contributed by atoms with E-state index in [1.807, 2.05) is 0 Å². The predicted octanol–water partition coefficient (Wildman–Crippen LogP) is -0.303. The maximum absolute atomic E-state index is 12.7. The molecule has 4 N–H and O–H groups in total. The average Bonchev–Trinajstić information content (AvgIpc) is 2.25. The zero-order valence-electron chi connectivity index (χ0n) is 7.64. The van der Waals surface area contributed by atoms with Gasteiger partial charge < -0.3 is 16.3 Å². The number of hydrogen-bond acceptors (Lipinski definition) is 4. The zero-order valence-corrected chi connectivity index (χ0v) is 7.64. The molecule has 0 unspecified atom stereocenters. The van der Waals surface area contributed by atoms with E-state index in [9.17, 15) is 9.18 Å². The van der Waals surface area contributed by atoms with Crippen LogP contribution in [0.25, 0.3) is 0 Å². The summed E-state index contributed by atoms with van der Waals surface area (Å²) in [6.45, 7) is -0.119. The molecule has 80 valence electrons. The van der Waals surface area contributed by atoms with Crippen molar-refractivity contribution in [2.24, 2.45) is 10.9 Å². The number of carbonyl (C=O) groups excluding carboxylic acids is 1. The number of hydrogen-bond donors (Lipinski definition) is 3. The molecule has 0 spiro atoms. The van der Waals surface area contributed by atoms with Gasteiger partial charge in [0.2, 0.25) is 0 Å². The Morgan fingerprint density at radius 2 is 2.40 bits per heavy atom. The first-order valence-electron chi connectivity index (χ1n) is 3.98. The Labute approximate surface area is 84.6 Å². The molecule has 0 aromatic carbocycles. The standard InChI is InChI=1S/C8H9FN4O2/c9-6-1-5(2-11-3-6)8(14)12-4-7(10)13-15/h1-3,15H,4H2,(H2,10,13)(H,12,14). The van der Waals surface area contributed by atoms with E-state index in [1.165, 1.54) is 6.20 Å². The summed E-state index contributed by atoms with van der Waals surface area (Å²) in [4.78, 5) is 14.8. The van der Waals surface area contributed by atoms with Crippen LogP contribution in [0, 0.1) is 5.82 Å². The summed E-state index contributed by atoms with van der Waals surface area (Å²) in [5.41, 5.74) is 5.19. The summed E-state index contributed by atoms with van der Waals surface area (Å²) in [5, 5.41) is 13.2. The molecule has 6 nitrogen and oxygen atoms in total. The molecule has 0 saturated carbocycles. The van der Waals surface area contributed by atoms with Gasteiger partial charge in [-0.3, -0.25) is 9.78 Å². The third-order valence-electron chi connectivity index (χ3n) is 1.53. The van der Waals surface area contributed by atoms with E-state index in [0.717, 1.165) is 12.3 Å². The van der Waals surface area contributed by atoms with Gasteiger partial charge in [-0.1, -0.05) is 5.16 Å². The van der Waals surface area contributed by atoms with Crippen molar-refractivity contribution in [2.75, 3.05) is 6.54 Å². The van der Waals surface area contributed by atoms with Gasteiger partial charge in [0.25, 0.3) is 5.91 Å². The minimum absolute atomic E-state index is 0.0701. The van der Waals surface area contributed by atoms with Crippen LogP contribution in [0.5, 0.6) is 0 Å². The lowest BCUT2D eigenvalue weighted by molar-refractivity contribution is 0.0958. The van der Waals surface area contributed by atoms with Crippen LogP contribution >= 0.6 is 0 Å². The highest BCUT2D eigenvalue weighted by Gasteiger charge is 2.06. The number of oxime groups is 1. The van der Waals surface area contributed by atoms with Gasteiger partial charge in [-0.25, -0.2) is 4.39 Å². The molecule has 1 amide bonds. The van der Waals surface area contributed by atoms with Gasteiger partial charge in [0.1, 0.15) is 5.82 Å². The number of rotatable bonds is 3. The van der Waals surface area contributed by atoms with Gasteiger partial charge in [0, 0.05) is 6.20 Å². The number of carbonyl (C=O) groups is 1. The largest absolute Gasteiger partial charge is 0.409 e. The van der Waals surface area contributed by atoms with E-state index >= 15 is 0 Å². The lowest BCUT2D eigenvalue weighted by atomic mass is 10.2. The SMILES string of the molecule is N/C(CNC(=O)c1cncc(F)c1)=N/O. The number of nitrogens with two attached hydrogens (primary N) is 1. The van der Waals surface area contributed by atoms with Gasteiger partial charge in [-0.2, -0.15) is 0 Å². The average molecular weight is 212 g/mol. The minimum atomic E-state index is -0.605. The lowest BCUT2D eigenvalue weighted by Crippen LogP contribution is -2.33. The van der Waals surface area contributed by atoms with Crippen molar-refractivity contribution < 1.29 is 14.4 Å². The number of nitrogens with zero attached hydrogens (tertiary/aromatic N) is 2. The predicted molar refractivity (Wildman–Crippen MR) is 49.9 cm³/mol. The van der Waals surface area contributed by atoms with Gasteiger partial charge >= 0.3 is 0 Å². The van der Waals surface area contributed by atoms with Crippen LogP contribution in [-0.2, 0) is 0 Å². The van der Waals surface area contributed by atoms with Crippen LogP contribution in [0.3, 0.4) is 0 Å². The van der Waals surface area contributed by atoms with Crippen LogP contribution < -0.4 is 11.1 Å². The molecule has 1 aromatic rings. The zero-order chi connectivity index (χ0) is 11.3. The third-order valence-corrected chi connectivity index (χ3v) is 1.53. The second kappa shape index (κ2) is 4.89. The number of amides is 1. The first-order valence-corrected chi connectivity index (χ1v) is 3.98. The van der Waals surface area contributed by atoms with Crippen LogP contribution in [-0.4, -0.2) is 28.5 Å². The molecule has 1 aromatic heterocycles. The Morgan fingerprint density at radius 3 is 3.00 bits per heavy atom. The Morgan fingerprint density at radius 1 is 1.67 bits per heavy atom. The fraction of sp³-hybridized carbons (Fsp3) is 0.125. The first kappa shape index (κ1) is 10.9. The highest BCUT2D eigenvalue weighted by Crippen LogP contribution is 1.99. The van der Waals surface area contributed by atoms with Gasteiger partial charge in [-0.05, 0) is 6.07 Å². The summed E-state index contributed by atoms with van der Waals surface area (Å²) in [5.74, 6) is -1.30. The molecule has 0 aliphatic heterocycles. The number of nitrogens with one attached hydrogen (secondary N) is 1. The van der Waals surface area contributed by atoms with E-state index in [1.54, 1.807) is 0 Å². The van der Waals surface area contributed by atoms with Gasteiger partial charge in [0.15, 0.2) is 5.84 Å². The normalized spacial score (nSPS) is 11.1. The summed E-state index contributed by atoms with van der Waals surface area (Å²) >= 11 is 0. The lowest BCUT2D eigenvalue weighted by Gasteiger charge is -2.03. The molecule has 0 radical (unpaired) electrons. The molecule has 0 fully saturated rings. The molecule has 0 aliphatic rings. The summed E-state index contributed by atoms with van der Waals surface area (Å²) in [6.07, 6.45) is 2.20. The highest BCUT2D eigenvalue weighted by molar-refractivity contribution is 5.96. The molecule has 0 atom stereocenters. The third kappa shape index (κ3) is 3.22. The number of aromatic nitrogens is 1. The first-order chi connectivity index (χ1) is 7.13. The van der Waals surface area contributed by atoms with Crippen LogP contribution in [0.1, 0.15) is 10.4 Å². The van der Waals surface area contributed by atoms with Crippen molar-refractivity contribution in [3.8, 4) is 0 Å². The molecular formula is C8H9FN4O2. The quantitative estimate of drug-likeness (QED) is 0.277. The molecule has 1 heterocycles. The second-order valence-electron chi connectivity index (χ2n) is 2.67. The monoisotopic (exact) mass is 212 g/mol. The maximum atomic E-state index is 12.7. The smallest absolute Gasteiger partial charge is 0.253 e. The van der Waals surface area contributed by atoms with Crippen molar-refractivity contribution >= 4 is 11.7 Å². The van der Waals surface area contributed by atoms with Crippen molar-refractivity contribution in [3.05, 3.63) is 29.8 Å². The van der Waals surface area contributed by atoms with Crippen LogP contribution in [0.15, 0.2) is 23.6 Å². The summed E-state index contributed by atoms with van der Waals surface area (Å²) in [7, 11) is 0. The minimum Gasteiger partial charge on any atom is -0.409 e. The molecule has 0 aliphatic carbocycles. The van der Waals surface area contributed by atoms with E-state index in [2.05, 4.69) is 15.5 Å². The number of amidine groups is 1. The van der Waals surface area contributed by atoms with Crippen molar-refractivity contribution in [1.82, 2.24) is 10.3 Å². The van der Waals surface area contributed by atoms with Crippen molar-refractivity contribution in [2.45, 2.75) is 0 Å². The fourth-order valence-corrected chi connectivity index (χ4v) is 0.844. The molecule has 0 bridgehead atoms. The Bertz CT molecular complexity index is 394.